The Morgan fingerprint density at radius 1 is 1.00 bits per heavy atom. The molecule has 3 atom stereocenters. The predicted molar refractivity (Wildman–Crippen MR) is 57.3 cm³/mol. The summed E-state index contributed by atoms with van der Waals surface area (Å²) in [5.41, 5.74) is 0. The molecule has 0 aromatic rings. The molecule has 0 radical (unpaired) electrons. The molecule has 0 amide bonds. The maximum Gasteiger partial charge on any atom is -0.0355 e. The first-order valence-corrected chi connectivity index (χ1v) is 5.92. The maximum absolute atomic E-state index is 2.34. The van der Waals surface area contributed by atoms with Gasteiger partial charge in [0.1, 0.15) is 0 Å². The van der Waals surface area contributed by atoms with E-state index in [1.807, 2.05) is 27.7 Å². The van der Waals surface area contributed by atoms with Crippen LogP contribution < -0.4 is 0 Å². The van der Waals surface area contributed by atoms with Gasteiger partial charge in [-0.15, -0.1) is 0 Å². The second-order valence-electron chi connectivity index (χ2n) is 3.41. The molecular formula is C12H26. The van der Waals surface area contributed by atoms with Crippen LogP contribution in [0.2, 0.25) is 0 Å². The first kappa shape index (κ1) is 12.0. The standard InChI is InChI=1S/C8H14.2C2H6/c1-2-6-3-4-7-5-8(6)7;2*1-2/h6-8H,2-5H2,1H3;2*1-2H3. The van der Waals surface area contributed by atoms with Crippen LogP contribution in [0.15, 0.2) is 0 Å². The van der Waals surface area contributed by atoms with Crippen molar-refractivity contribution in [2.45, 2.75) is 60.3 Å². The van der Waals surface area contributed by atoms with Crippen LogP contribution in [-0.4, -0.2) is 0 Å². The molecule has 0 heterocycles. The van der Waals surface area contributed by atoms with Crippen molar-refractivity contribution in [3.05, 3.63) is 0 Å². The van der Waals surface area contributed by atoms with E-state index in [2.05, 4.69) is 6.92 Å². The highest BCUT2D eigenvalue weighted by Crippen LogP contribution is 2.56. The number of fused-ring (bicyclic) bond motifs is 1. The molecule has 0 saturated heterocycles. The maximum atomic E-state index is 2.34. The van der Waals surface area contributed by atoms with E-state index in [0.29, 0.717) is 0 Å². The van der Waals surface area contributed by atoms with E-state index in [1.165, 1.54) is 18.3 Å². The third-order valence-electron chi connectivity index (χ3n) is 3.02. The minimum Gasteiger partial charge on any atom is -0.0683 e. The van der Waals surface area contributed by atoms with Gasteiger partial charge >= 0.3 is 0 Å². The molecule has 74 valence electrons. The van der Waals surface area contributed by atoms with Gasteiger partial charge in [0.2, 0.25) is 0 Å². The zero-order chi connectivity index (χ0) is 9.56. The van der Waals surface area contributed by atoms with Crippen LogP contribution in [0.3, 0.4) is 0 Å². The van der Waals surface area contributed by atoms with Crippen molar-refractivity contribution in [1.82, 2.24) is 0 Å². The lowest BCUT2D eigenvalue weighted by molar-refractivity contribution is 0.465. The van der Waals surface area contributed by atoms with Gasteiger partial charge in [0.25, 0.3) is 0 Å². The topological polar surface area (TPSA) is 0 Å². The molecule has 2 fully saturated rings. The van der Waals surface area contributed by atoms with Crippen molar-refractivity contribution >= 4 is 0 Å². The van der Waals surface area contributed by atoms with Gasteiger partial charge in [-0.3, -0.25) is 0 Å². The van der Waals surface area contributed by atoms with E-state index < -0.39 is 0 Å². The molecule has 0 aromatic carbocycles. The second-order valence-corrected chi connectivity index (χ2v) is 3.41. The van der Waals surface area contributed by atoms with Gasteiger partial charge in [-0.05, 0) is 37.0 Å². The Bertz CT molecular complexity index is 96.2. The van der Waals surface area contributed by atoms with Crippen LogP contribution in [0.25, 0.3) is 0 Å². The van der Waals surface area contributed by atoms with Crippen LogP contribution in [0.1, 0.15) is 60.3 Å². The lowest BCUT2D eigenvalue weighted by Crippen LogP contribution is -1.94. The summed E-state index contributed by atoms with van der Waals surface area (Å²) in [4.78, 5) is 0. The van der Waals surface area contributed by atoms with E-state index in [1.54, 1.807) is 19.3 Å². The molecule has 3 unspecified atom stereocenters. The third kappa shape index (κ3) is 2.80. The zero-order valence-electron chi connectivity index (χ0n) is 9.56. The van der Waals surface area contributed by atoms with Crippen LogP contribution in [0.5, 0.6) is 0 Å². The molecule has 0 spiro atoms. The number of hydrogen-bond donors (Lipinski definition) is 0. The van der Waals surface area contributed by atoms with E-state index in [0.717, 1.165) is 5.92 Å². The fourth-order valence-corrected chi connectivity index (χ4v) is 2.33. The lowest BCUT2D eigenvalue weighted by Gasteiger charge is -2.04. The molecule has 0 heteroatoms. The average molecular weight is 170 g/mol. The summed E-state index contributed by atoms with van der Waals surface area (Å²) in [6.45, 7) is 10.3. The fraction of sp³-hybridized carbons (Fsp3) is 1.00. The normalized spacial score (nSPS) is 35.2. The predicted octanol–water partition coefficient (Wildman–Crippen LogP) is 4.49. The summed E-state index contributed by atoms with van der Waals surface area (Å²) in [6.07, 6.45) is 6.13. The summed E-state index contributed by atoms with van der Waals surface area (Å²) >= 11 is 0. The van der Waals surface area contributed by atoms with E-state index >= 15 is 0 Å². The average Bonchev–Trinajstić information content (AvgIpc) is 2.85. The first-order valence-electron chi connectivity index (χ1n) is 5.92. The first-order chi connectivity index (χ1) is 5.92. The Balaban J connectivity index is 0.000000269. The number of hydrogen-bond acceptors (Lipinski definition) is 0. The highest BCUT2D eigenvalue weighted by Gasteiger charge is 2.46. The zero-order valence-corrected chi connectivity index (χ0v) is 9.56. The lowest BCUT2D eigenvalue weighted by atomic mass is 10.0. The van der Waals surface area contributed by atoms with Crippen LogP contribution in [-0.2, 0) is 0 Å². The molecule has 0 bridgehead atoms. The monoisotopic (exact) mass is 170 g/mol. The van der Waals surface area contributed by atoms with Crippen LogP contribution >= 0.6 is 0 Å². The summed E-state index contributed by atoms with van der Waals surface area (Å²) in [7, 11) is 0. The van der Waals surface area contributed by atoms with Gasteiger partial charge in [-0.2, -0.15) is 0 Å². The van der Waals surface area contributed by atoms with Crippen molar-refractivity contribution < 1.29 is 0 Å². The van der Waals surface area contributed by atoms with E-state index in [9.17, 15) is 0 Å². The van der Waals surface area contributed by atoms with Gasteiger partial charge in [0, 0.05) is 0 Å². The molecule has 0 aromatic heterocycles. The second kappa shape index (κ2) is 6.51. The SMILES string of the molecule is CC.CC.CCC1CCC2CC12. The molecule has 2 aliphatic carbocycles. The van der Waals surface area contributed by atoms with Crippen molar-refractivity contribution in [1.29, 1.82) is 0 Å². The molecule has 2 aliphatic rings. The summed E-state index contributed by atoms with van der Waals surface area (Å²) in [5.74, 6) is 3.53. The Kier molecular flexibility index (Phi) is 6.51. The summed E-state index contributed by atoms with van der Waals surface area (Å²) in [6, 6.07) is 0. The summed E-state index contributed by atoms with van der Waals surface area (Å²) < 4.78 is 0. The molecule has 0 nitrogen and oxygen atoms in total. The van der Waals surface area contributed by atoms with Crippen LogP contribution in [0.4, 0.5) is 0 Å². The van der Waals surface area contributed by atoms with Crippen molar-refractivity contribution in [2.75, 3.05) is 0 Å². The molecule has 2 saturated carbocycles. The smallest absolute Gasteiger partial charge is 0.0355 e. The van der Waals surface area contributed by atoms with E-state index in [4.69, 9.17) is 0 Å². The van der Waals surface area contributed by atoms with E-state index in [-0.39, 0.29) is 0 Å². The van der Waals surface area contributed by atoms with Gasteiger partial charge in [-0.25, -0.2) is 0 Å². The van der Waals surface area contributed by atoms with Gasteiger partial charge in [-0.1, -0.05) is 41.0 Å². The molecule has 0 N–H and O–H groups in total. The Morgan fingerprint density at radius 3 is 1.75 bits per heavy atom. The van der Waals surface area contributed by atoms with Crippen molar-refractivity contribution in [3.63, 3.8) is 0 Å². The quantitative estimate of drug-likeness (QED) is 0.543. The molecule has 2 rings (SSSR count). The number of rotatable bonds is 1. The highest BCUT2D eigenvalue weighted by atomic mass is 14.5. The fourth-order valence-electron chi connectivity index (χ4n) is 2.33. The van der Waals surface area contributed by atoms with Crippen LogP contribution in [0, 0.1) is 17.8 Å². The largest absolute Gasteiger partial charge is 0.0683 e. The molecule has 0 aliphatic heterocycles. The minimum absolute atomic E-state index is 1.14. The van der Waals surface area contributed by atoms with Crippen molar-refractivity contribution in [3.8, 4) is 0 Å². The molecule has 12 heavy (non-hydrogen) atoms. The highest BCUT2D eigenvalue weighted by molar-refractivity contribution is 4.96. The Hall–Kier alpha value is 0. The van der Waals surface area contributed by atoms with Crippen molar-refractivity contribution in [2.24, 2.45) is 17.8 Å². The summed E-state index contributed by atoms with van der Waals surface area (Å²) in [5, 5.41) is 0. The van der Waals surface area contributed by atoms with Gasteiger partial charge in [0.15, 0.2) is 0 Å². The minimum atomic E-state index is 1.14. The Morgan fingerprint density at radius 2 is 1.58 bits per heavy atom. The third-order valence-corrected chi connectivity index (χ3v) is 3.02. The van der Waals surface area contributed by atoms with Gasteiger partial charge in [0.05, 0.1) is 0 Å². The molecular weight excluding hydrogens is 144 g/mol. The Labute approximate surface area is 78.8 Å². The van der Waals surface area contributed by atoms with Gasteiger partial charge < -0.3 is 0 Å².